The van der Waals surface area contributed by atoms with Crippen molar-refractivity contribution in [3.63, 3.8) is 0 Å². The molecule has 0 unspecified atom stereocenters. The second-order valence-corrected chi connectivity index (χ2v) is 12.2. The number of carbonyl (C=O) groups excluding carboxylic acids is 1. The van der Waals surface area contributed by atoms with Crippen LogP contribution in [0, 0.1) is 6.92 Å². The Balaban J connectivity index is 1.74. The fourth-order valence-electron chi connectivity index (χ4n) is 4.87. The molecule has 2 heterocycles. The van der Waals surface area contributed by atoms with E-state index in [2.05, 4.69) is 23.2 Å². The maximum Gasteiger partial charge on any atom is 0.163 e. The molecule has 0 saturated heterocycles. The molecule has 7 heteroatoms. The number of carbonyl (C=O) groups is 1. The van der Waals surface area contributed by atoms with Crippen LogP contribution in [0.15, 0.2) is 73.1 Å². The van der Waals surface area contributed by atoms with Gasteiger partial charge in [0.05, 0.1) is 22.9 Å². The monoisotopic (exact) mass is 570 g/mol. The van der Waals surface area contributed by atoms with E-state index in [1.165, 1.54) is 0 Å². The van der Waals surface area contributed by atoms with E-state index < -0.39 is 11.7 Å². The van der Waals surface area contributed by atoms with Crippen LogP contribution in [0.25, 0.3) is 43.0 Å². The first-order valence-corrected chi connectivity index (χ1v) is 14.2. The van der Waals surface area contributed by atoms with Gasteiger partial charge >= 0.3 is 0 Å². The molecule has 3 aromatic carbocycles. The van der Waals surface area contributed by atoms with Gasteiger partial charge in [0.2, 0.25) is 0 Å². The maximum absolute atomic E-state index is 13.0. The smallest absolute Gasteiger partial charge is 0.163 e. The minimum absolute atomic E-state index is 0.0459. The van der Waals surface area contributed by atoms with Crippen LogP contribution in [0.5, 0.6) is 5.75 Å². The summed E-state index contributed by atoms with van der Waals surface area (Å²) >= 11 is 7.86. The van der Waals surface area contributed by atoms with Gasteiger partial charge in [0.15, 0.2) is 5.78 Å². The number of ether oxygens (including phenoxy) is 2. The summed E-state index contributed by atoms with van der Waals surface area (Å²) in [6.07, 6.45) is 2.80. The Morgan fingerprint density at radius 2 is 1.73 bits per heavy atom. The number of aryl methyl sites for hydroxylation is 1. The number of rotatable bonds is 7. The Hall–Kier alpha value is -3.58. The summed E-state index contributed by atoms with van der Waals surface area (Å²) in [7, 11) is 1.66. The first-order valence-electron chi connectivity index (χ1n) is 13.0. The van der Waals surface area contributed by atoms with Crippen LogP contribution in [0.3, 0.4) is 0 Å². The number of aromatic nitrogens is 2. The van der Waals surface area contributed by atoms with Gasteiger partial charge in [-0.25, -0.2) is 4.98 Å². The van der Waals surface area contributed by atoms with Gasteiger partial charge < -0.3 is 9.47 Å². The zero-order chi connectivity index (χ0) is 28.6. The third kappa shape index (κ3) is 5.66. The summed E-state index contributed by atoms with van der Waals surface area (Å²) in [4.78, 5) is 22.4. The number of pyridine rings is 1. The van der Waals surface area contributed by atoms with Crippen molar-refractivity contribution in [1.29, 1.82) is 0 Å². The summed E-state index contributed by atoms with van der Waals surface area (Å²) < 4.78 is 12.9. The van der Waals surface area contributed by atoms with E-state index in [0.717, 1.165) is 59.9 Å². The van der Waals surface area contributed by atoms with Gasteiger partial charge in [-0.05, 0) is 81.6 Å². The van der Waals surface area contributed by atoms with E-state index in [1.54, 1.807) is 31.6 Å². The summed E-state index contributed by atoms with van der Waals surface area (Å²) in [5, 5.41) is 1.53. The zero-order valence-corrected chi connectivity index (χ0v) is 25.0. The standard InChI is InChI=1S/C33H31ClN2O3S/c1-19-16-26-31(29(21-10-12-24(34)13-11-21)28(19)30(20(2)37)39-33(3,4)5)40-32(36-26)23-9-7-8-22(17-23)25-18-35-15-14-27(25)38-6/h7-18,30H,1-6H3/t30-/m1/s1. The van der Waals surface area contributed by atoms with Gasteiger partial charge in [-0.3, -0.25) is 9.78 Å². The molecule has 1 atom stereocenters. The number of fused-ring (bicyclic) bond motifs is 1. The largest absolute Gasteiger partial charge is 0.496 e. The van der Waals surface area contributed by atoms with E-state index in [9.17, 15) is 4.79 Å². The molecule has 0 spiro atoms. The Morgan fingerprint density at radius 3 is 2.40 bits per heavy atom. The highest BCUT2D eigenvalue weighted by atomic mass is 35.5. The van der Waals surface area contributed by atoms with Gasteiger partial charge in [0.25, 0.3) is 0 Å². The van der Waals surface area contributed by atoms with Crippen LogP contribution < -0.4 is 4.74 Å². The maximum atomic E-state index is 13.0. The number of Topliss-reactive ketones (excluding diaryl/α,β-unsaturated/α-hetero) is 1. The molecule has 5 nitrogen and oxygen atoms in total. The number of ketones is 1. The molecule has 0 amide bonds. The molecule has 0 N–H and O–H groups in total. The zero-order valence-electron chi connectivity index (χ0n) is 23.4. The lowest BCUT2D eigenvalue weighted by molar-refractivity contribution is -0.138. The molecule has 5 aromatic rings. The van der Waals surface area contributed by atoms with Crippen molar-refractivity contribution < 1.29 is 14.3 Å². The number of nitrogens with zero attached hydrogens (tertiary/aromatic N) is 2. The highest BCUT2D eigenvalue weighted by Crippen LogP contribution is 2.45. The topological polar surface area (TPSA) is 61.3 Å². The number of hydrogen-bond acceptors (Lipinski definition) is 6. The third-order valence-electron chi connectivity index (χ3n) is 6.59. The van der Waals surface area contributed by atoms with Gasteiger partial charge in [0, 0.05) is 39.7 Å². The van der Waals surface area contributed by atoms with E-state index in [-0.39, 0.29) is 5.78 Å². The van der Waals surface area contributed by atoms with Crippen LogP contribution in [0.4, 0.5) is 0 Å². The van der Waals surface area contributed by atoms with Crippen LogP contribution in [-0.2, 0) is 9.53 Å². The van der Waals surface area contributed by atoms with E-state index in [4.69, 9.17) is 26.1 Å². The highest BCUT2D eigenvalue weighted by Gasteiger charge is 2.30. The molecule has 0 fully saturated rings. The molecule has 0 aliphatic heterocycles. The normalized spacial score (nSPS) is 12.5. The lowest BCUT2D eigenvalue weighted by atomic mass is 9.90. The molecule has 2 aromatic heterocycles. The summed E-state index contributed by atoms with van der Waals surface area (Å²) in [6, 6.07) is 19.8. The summed E-state index contributed by atoms with van der Waals surface area (Å²) in [6.45, 7) is 9.50. The average Bonchev–Trinajstić information content (AvgIpc) is 3.35. The number of hydrogen-bond donors (Lipinski definition) is 0. The highest BCUT2D eigenvalue weighted by molar-refractivity contribution is 7.22. The van der Waals surface area contributed by atoms with Crippen molar-refractivity contribution in [2.45, 2.75) is 46.3 Å². The molecule has 40 heavy (non-hydrogen) atoms. The first kappa shape index (κ1) is 28.0. The Morgan fingerprint density at radius 1 is 1.00 bits per heavy atom. The predicted octanol–water partition coefficient (Wildman–Crippen LogP) is 9.11. The van der Waals surface area contributed by atoms with Crippen molar-refractivity contribution in [2.75, 3.05) is 7.11 Å². The van der Waals surface area contributed by atoms with Crippen molar-refractivity contribution in [3.05, 3.63) is 89.2 Å². The van der Waals surface area contributed by atoms with Crippen LogP contribution in [-0.4, -0.2) is 28.5 Å². The lowest BCUT2D eigenvalue weighted by Gasteiger charge is -2.29. The van der Waals surface area contributed by atoms with Crippen molar-refractivity contribution in [1.82, 2.24) is 9.97 Å². The van der Waals surface area contributed by atoms with Crippen molar-refractivity contribution >= 4 is 38.9 Å². The Bertz CT molecular complexity index is 1700. The summed E-state index contributed by atoms with van der Waals surface area (Å²) in [5.41, 5.74) is 6.97. The van der Waals surface area contributed by atoms with E-state index in [1.807, 2.05) is 76.4 Å². The minimum atomic E-state index is -0.720. The molecular weight excluding hydrogens is 540 g/mol. The molecule has 0 radical (unpaired) electrons. The summed E-state index contributed by atoms with van der Waals surface area (Å²) in [5.74, 6) is 0.714. The first-order chi connectivity index (χ1) is 19.1. The lowest BCUT2D eigenvalue weighted by Crippen LogP contribution is -2.27. The quantitative estimate of drug-likeness (QED) is 0.195. The Labute approximate surface area is 243 Å². The number of halogens is 1. The molecule has 5 rings (SSSR count). The van der Waals surface area contributed by atoms with Gasteiger partial charge in [-0.15, -0.1) is 11.3 Å². The van der Waals surface area contributed by atoms with Crippen molar-refractivity contribution in [3.8, 4) is 38.6 Å². The Kier molecular flexibility index (Phi) is 7.78. The predicted molar refractivity (Wildman–Crippen MR) is 164 cm³/mol. The average molecular weight is 571 g/mol. The van der Waals surface area contributed by atoms with E-state index in [0.29, 0.717) is 5.02 Å². The third-order valence-corrected chi connectivity index (χ3v) is 7.97. The van der Waals surface area contributed by atoms with Crippen LogP contribution in [0.1, 0.15) is 44.9 Å². The fourth-order valence-corrected chi connectivity index (χ4v) is 6.12. The second kappa shape index (κ2) is 11.1. The van der Waals surface area contributed by atoms with Crippen molar-refractivity contribution in [2.24, 2.45) is 0 Å². The molecule has 0 saturated carbocycles. The van der Waals surface area contributed by atoms with Gasteiger partial charge in [-0.1, -0.05) is 41.9 Å². The molecule has 0 bridgehead atoms. The molecule has 204 valence electrons. The molecule has 0 aliphatic rings. The fraction of sp³-hybridized carbons (Fsp3) is 0.242. The van der Waals surface area contributed by atoms with Gasteiger partial charge in [-0.2, -0.15) is 0 Å². The van der Waals surface area contributed by atoms with Gasteiger partial charge in [0.1, 0.15) is 16.9 Å². The minimum Gasteiger partial charge on any atom is -0.496 e. The van der Waals surface area contributed by atoms with Crippen LogP contribution in [0.2, 0.25) is 5.02 Å². The van der Waals surface area contributed by atoms with E-state index >= 15 is 0 Å². The van der Waals surface area contributed by atoms with Crippen LogP contribution >= 0.6 is 22.9 Å². The number of thiazole rings is 1. The number of methoxy groups -OCH3 is 1. The second-order valence-electron chi connectivity index (χ2n) is 10.7. The molecular formula is C33H31ClN2O3S. The number of benzene rings is 3. The molecule has 0 aliphatic carbocycles. The SMILES string of the molecule is COc1ccncc1-c1cccc(-c2nc3cc(C)c([C@H](OC(C)(C)C)C(C)=O)c(-c4ccc(Cl)cc4)c3s2)c1.